The number of rotatable bonds is 11. The average molecular weight is 471 g/mol. The van der Waals surface area contributed by atoms with Crippen LogP contribution in [0.5, 0.6) is 17.2 Å². The molecular weight excluding hydrogens is 436 g/mol. The second-order valence-electron chi connectivity index (χ2n) is 8.76. The highest BCUT2D eigenvalue weighted by atomic mass is 16.7. The van der Waals surface area contributed by atoms with Crippen molar-refractivity contribution in [2.24, 2.45) is 5.92 Å². The zero-order valence-corrected chi connectivity index (χ0v) is 20.2. The molecule has 0 aromatic heterocycles. The molecule has 8 heteroatoms. The molecule has 1 saturated heterocycles. The number of benzene rings is 2. The lowest BCUT2D eigenvalue weighted by molar-refractivity contribution is -0.136. The molecular formula is C26H34N2O6. The number of carbonyl (C=O) groups excluding carboxylic acids is 1. The quantitative estimate of drug-likeness (QED) is 0.500. The minimum absolute atomic E-state index is 0.0208. The molecule has 0 bridgehead atoms. The van der Waals surface area contributed by atoms with Crippen molar-refractivity contribution < 1.29 is 28.5 Å². The summed E-state index contributed by atoms with van der Waals surface area (Å²) in [5.74, 6) is 2.92. The highest BCUT2D eigenvalue weighted by Crippen LogP contribution is 2.39. The predicted molar refractivity (Wildman–Crippen MR) is 127 cm³/mol. The van der Waals surface area contributed by atoms with Crippen LogP contribution in [0.1, 0.15) is 17.0 Å². The number of methoxy groups -OCH3 is 3. The summed E-state index contributed by atoms with van der Waals surface area (Å²) in [6, 6.07) is 14.3. The van der Waals surface area contributed by atoms with Gasteiger partial charge in [-0.25, -0.2) is 0 Å². The summed E-state index contributed by atoms with van der Waals surface area (Å²) in [5.41, 5.74) is 2.35. The van der Waals surface area contributed by atoms with Crippen LogP contribution in [-0.2, 0) is 20.8 Å². The Morgan fingerprint density at radius 1 is 1.06 bits per heavy atom. The van der Waals surface area contributed by atoms with Gasteiger partial charge in [-0.1, -0.05) is 24.3 Å². The van der Waals surface area contributed by atoms with Gasteiger partial charge >= 0.3 is 0 Å². The van der Waals surface area contributed by atoms with Crippen molar-refractivity contribution in [2.75, 3.05) is 67.5 Å². The normalized spacial score (nSPS) is 19.4. The van der Waals surface area contributed by atoms with E-state index in [1.807, 2.05) is 29.2 Å². The van der Waals surface area contributed by atoms with Gasteiger partial charge in [0.15, 0.2) is 11.5 Å². The summed E-state index contributed by atoms with van der Waals surface area (Å²) in [7, 11) is 4.91. The van der Waals surface area contributed by atoms with Gasteiger partial charge in [0.25, 0.3) is 0 Å². The van der Waals surface area contributed by atoms with Crippen LogP contribution in [0.4, 0.5) is 0 Å². The van der Waals surface area contributed by atoms with Crippen LogP contribution in [0.15, 0.2) is 42.5 Å². The number of fused-ring (bicyclic) bond motifs is 1. The maximum absolute atomic E-state index is 12.8. The number of carbonyl (C=O) groups is 1. The number of hydrogen-bond donors (Lipinski definition) is 0. The molecule has 2 atom stereocenters. The van der Waals surface area contributed by atoms with Gasteiger partial charge in [0.1, 0.15) is 12.4 Å². The Labute approximate surface area is 201 Å². The van der Waals surface area contributed by atoms with E-state index in [1.54, 1.807) is 21.3 Å². The highest BCUT2D eigenvalue weighted by molar-refractivity contribution is 5.77. The molecule has 1 fully saturated rings. The van der Waals surface area contributed by atoms with Crippen LogP contribution in [0.3, 0.4) is 0 Å². The monoisotopic (exact) mass is 470 g/mol. The SMILES string of the molecule is COCCN(C[C@@H]1CN(Cc2ccc3c(c2)OCO3)C[C@H]1c1ccccc1OC)C(=O)COC. The van der Waals surface area contributed by atoms with Crippen LogP contribution >= 0.6 is 0 Å². The van der Waals surface area contributed by atoms with E-state index in [0.29, 0.717) is 19.7 Å². The first-order valence-corrected chi connectivity index (χ1v) is 11.6. The molecule has 0 aliphatic carbocycles. The molecule has 0 unspecified atom stereocenters. The third-order valence-electron chi connectivity index (χ3n) is 6.54. The van der Waals surface area contributed by atoms with Crippen LogP contribution in [0.25, 0.3) is 0 Å². The van der Waals surface area contributed by atoms with E-state index < -0.39 is 0 Å². The standard InChI is InChI=1S/C26H34N2O6/c1-30-11-10-28(26(29)17-31-2)15-20-14-27(13-19-8-9-24-25(12-19)34-18-33-24)16-22(20)21-6-4-5-7-23(21)32-3/h4-9,12,20,22H,10-11,13-18H2,1-3H3/t20-,22+/m0/s1. The zero-order chi connectivity index (χ0) is 23.9. The molecule has 8 nitrogen and oxygen atoms in total. The first-order valence-electron chi connectivity index (χ1n) is 11.6. The van der Waals surface area contributed by atoms with Crippen molar-refractivity contribution in [3.63, 3.8) is 0 Å². The number of amides is 1. The van der Waals surface area contributed by atoms with E-state index in [1.165, 1.54) is 11.1 Å². The van der Waals surface area contributed by atoms with Crippen LogP contribution in [-0.4, -0.2) is 83.2 Å². The molecule has 2 aromatic carbocycles. The van der Waals surface area contributed by atoms with Crippen LogP contribution < -0.4 is 14.2 Å². The smallest absolute Gasteiger partial charge is 0.248 e. The van der Waals surface area contributed by atoms with Crippen molar-refractivity contribution in [3.05, 3.63) is 53.6 Å². The average Bonchev–Trinajstić information content (AvgIpc) is 3.48. The fourth-order valence-corrected chi connectivity index (χ4v) is 4.91. The Morgan fingerprint density at radius 3 is 2.68 bits per heavy atom. The van der Waals surface area contributed by atoms with Gasteiger partial charge in [-0.3, -0.25) is 9.69 Å². The molecule has 4 rings (SSSR count). The largest absolute Gasteiger partial charge is 0.496 e. The molecule has 1 amide bonds. The van der Waals surface area contributed by atoms with E-state index in [4.69, 9.17) is 23.7 Å². The summed E-state index contributed by atoms with van der Waals surface area (Å²) in [6.45, 7) is 4.52. The fraction of sp³-hybridized carbons (Fsp3) is 0.500. The van der Waals surface area contributed by atoms with Crippen molar-refractivity contribution in [1.82, 2.24) is 9.80 Å². The second kappa shape index (κ2) is 11.6. The lowest BCUT2D eigenvalue weighted by Gasteiger charge is -2.29. The van der Waals surface area contributed by atoms with Crippen molar-refractivity contribution >= 4 is 5.91 Å². The lowest BCUT2D eigenvalue weighted by Crippen LogP contribution is -2.41. The van der Waals surface area contributed by atoms with Gasteiger partial charge in [0, 0.05) is 52.9 Å². The van der Waals surface area contributed by atoms with Crippen molar-refractivity contribution in [2.45, 2.75) is 12.5 Å². The van der Waals surface area contributed by atoms with Gasteiger partial charge in [-0.15, -0.1) is 0 Å². The van der Waals surface area contributed by atoms with Gasteiger partial charge in [-0.2, -0.15) is 0 Å². The van der Waals surface area contributed by atoms with E-state index in [0.717, 1.165) is 36.9 Å². The first kappa shape index (κ1) is 24.3. The Kier molecular flexibility index (Phi) is 8.26. The first-order chi connectivity index (χ1) is 16.6. The highest BCUT2D eigenvalue weighted by Gasteiger charge is 2.37. The summed E-state index contributed by atoms with van der Waals surface area (Å²) in [6.07, 6.45) is 0. The minimum Gasteiger partial charge on any atom is -0.496 e. The van der Waals surface area contributed by atoms with E-state index >= 15 is 0 Å². The summed E-state index contributed by atoms with van der Waals surface area (Å²) >= 11 is 0. The summed E-state index contributed by atoms with van der Waals surface area (Å²) in [5, 5.41) is 0. The van der Waals surface area contributed by atoms with Gasteiger partial charge < -0.3 is 28.6 Å². The van der Waals surface area contributed by atoms with Crippen molar-refractivity contribution in [1.29, 1.82) is 0 Å². The third-order valence-corrected chi connectivity index (χ3v) is 6.54. The number of ether oxygens (including phenoxy) is 5. The molecule has 2 aliphatic heterocycles. The van der Waals surface area contributed by atoms with Gasteiger partial charge in [0.05, 0.1) is 13.7 Å². The zero-order valence-electron chi connectivity index (χ0n) is 20.2. The van der Waals surface area contributed by atoms with Gasteiger partial charge in [-0.05, 0) is 35.2 Å². The molecule has 2 heterocycles. The topological polar surface area (TPSA) is 69.7 Å². The molecule has 2 aromatic rings. The molecule has 0 saturated carbocycles. The molecule has 0 radical (unpaired) electrons. The Morgan fingerprint density at radius 2 is 1.88 bits per heavy atom. The van der Waals surface area contributed by atoms with Gasteiger partial charge in [0.2, 0.25) is 12.7 Å². The molecule has 0 spiro atoms. The number of nitrogens with zero attached hydrogens (tertiary/aromatic N) is 2. The second-order valence-corrected chi connectivity index (χ2v) is 8.76. The maximum atomic E-state index is 12.8. The Hall–Kier alpha value is -2.81. The third kappa shape index (κ3) is 5.63. The predicted octanol–water partition coefficient (Wildman–Crippen LogP) is 2.76. The van der Waals surface area contributed by atoms with Crippen LogP contribution in [0.2, 0.25) is 0 Å². The van der Waals surface area contributed by atoms with Crippen LogP contribution in [0, 0.1) is 5.92 Å². The maximum Gasteiger partial charge on any atom is 0.248 e. The molecule has 2 aliphatic rings. The summed E-state index contributed by atoms with van der Waals surface area (Å²) < 4.78 is 27.1. The lowest BCUT2D eigenvalue weighted by atomic mass is 9.88. The van der Waals surface area contributed by atoms with E-state index in [9.17, 15) is 4.79 Å². The molecule has 34 heavy (non-hydrogen) atoms. The number of para-hydroxylation sites is 1. The Balaban J connectivity index is 1.55. The Bertz CT molecular complexity index is 968. The number of likely N-dealkylation sites (tertiary alicyclic amines) is 1. The fourth-order valence-electron chi connectivity index (χ4n) is 4.91. The molecule has 184 valence electrons. The van der Waals surface area contributed by atoms with E-state index in [2.05, 4.69) is 23.1 Å². The van der Waals surface area contributed by atoms with Crippen molar-refractivity contribution in [3.8, 4) is 17.2 Å². The minimum atomic E-state index is -0.0208. The molecule has 0 N–H and O–H groups in total. The van der Waals surface area contributed by atoms with E-state index in [-0.39, 0.29) is 31.1 Å². The summed E-state index contributed by atoms with van der Waals surface area (Å²) in [4.78, 5) is 17.1. The number of hydrogen-bond acceptors (Lipinski definition) is 7.